The summed E-state index contributed by atoms with van der Waals surface area (Å²) in [6, 6.07) is 0. The molecular formula is C75H126O6. The Bertz CT molecular complexity index is 1670. The molecule has 0 fully saturated rings. The highest BCUT2D eigenvalue weighted by atomic mass is 16.6. The first-order valence-electron chi connectivity index (χ1n) is 34.0. The minimum absolute atomic E-state index is 0.0848. The fourth-order valence-corrected chi connectivity index (χ4v) is 9.41. The number of carbonyl (C=O) groups is 3. The number of allylic oxidation sites excluding steroid dienone is 20. The second kappa shape index (κ2) is 68.3. The molecule has 0 saturated heterocycles. The maximum absolute atomic E-state index is 12.9. The topological polar surface area (TPSA) is 78.9 Å². The Hall–Kier alpha value is -4.19. The van der Waals surface area contributed by atoms with Gasteiger partial charge in [0.1, 0.15) is 13.2 Å². The fraction of sp³-hybridized carbons (Fsp3) is 0.693. The van der Waals surface area contributed by atoms with E-state index in [1.165, 1.54) is 141 Å². The molecule has 6 heteroatoms. The molecule has 0 aliphatic rings. The minimum atomic E-state index is -0.786. The van der Waals surface area contributed by atoms with Gasteiger partial charge in [-0.2, -0.15) is 0 Å². The molecule has 81 heavy (non-hydrogen) atoms. The zero-order valence-electron chi connectivity index (χ0n) is 53.0. The van der Waals surface area contributed by atoms with Crippen molar-refractivity contribution in [2.24, 2.45) is 0 Å². The third-order valence-corrected chi connectivity index (χ3v) is 14.5. The molecule has 0 aliphatic carbocycles. The highest BCUT2D eigenvalue weighted by Gasteiger charge is 2.19. The lowest BCUT2D eigenvalue weighted by Gasteiger charge is -2.18. The van der Waals surface area contributed by atoms with Gasteiger partial charge in [0, 0.05) is 19.3 Å². The molecule has 0 spiro atoms. The van der Waals surface area contributed by atoms with Crippen molar-refractivity contribution in [3.05, 3.63) is 122 Å². The predicted octanol–water partition coefficient (Wildman–Crippen LogP) is 23.6. The summed E-state index contributed by atoms with van der Waals surface area (Å²) in [6.45, 7) is 6.47. The van der Waals surface area contributed by atoms with Crippen LogP contribution in [0.1, 0.15) is 316 Å². The van der Waals surface area contributed by atoms with Crippen molar-refractivity contribution in [3.8, 4) is 0 Å². The van der Waals surface area contributed by atoms with Crippen molar-refractivity contribution in [2.45, 2.75) is 322 Å². The molecule has 0 aromatic rings. The van der Waals surface area contributed by atoms with Gasteiger partial charge in [-0.15, -0.1) is 0 Å². The van der Waals surface area contributed by atoms with E-state index in [2.05, 4.69) is 142 Å². The molecule has 0 aromatic carbocycles. The van der Waals surface area contributed by atoms with Crippen molar-refractivity contribution in [1.82, 2.24) is 0 Å². The quantitative estimate of drug-likeness (QED) is 0.0261. The van der Waals surface area contributed by atoms with Crippen LogP contribution in [0.15, 0.2) is 122 Å². The van der Waals surface area contributed by atoms with Gasteiger partial charge in [-0.25, -0.2) is 0 Å². The van der Waals surface area contributed by atoms with Crippen LogP contribution in [-0.4, -0.2) is 37.2 Å². The van der Waals surface area contributed by atoms with Gasteiger partial charge in [0.05, 0.1) is 0 Å². The number of hydrogen-bond acceptors (Lipinski definition) is 6. The molecule has 462 valence electrons. The van der Waals surface area contributed by atoms with Crippen LogP contribution in [0.5, 0.6) is 0 Å². The molecule has 0 amide bonds. The Labute approximate surface area is 501 Å². The van der Waals surface area contributed by atoms with Gasteiger partial charge >= 0.3 is 17.9 Å². The van der Waals surface area contributed by atoms with Gasteiger partial charge in [0.2, 0.25) is 0 Å². The van der Waals surface area contributed by atoms with Crippen LogP contribution in [0.4, 0.5) is 0 Å². The van der Waals surface area contributed by atoms with Gasteiger partial charge < -0.3 is 14.2 Å². The summed E-state index contributed by atoms with van der Waals surface area (Å²) in [5.41, 5.74) is 0. The van der Waals surface area contributed by atoms with Crippen molar-refractivity contribution < 1.29 is 28.6 Å². The Balaban J connectivity index is 4.14. The summed E-state index contributed by atoms with van der Waals surface area (Å²) in [4.78, 5) is 38.0. The van der Waals surface area contributed by atoms with Gasteiger partial charge in [0.15, 0.2) is 6.10 Å². The highest BCUT2D eigenvalue weighted by molar-refractivity contribution is 5.71. The van der Waals surface area contributed by atoms with Gasteiger partial charge in [-0.05, 0) is 96.3 Å². The lowest BCUT2D eigenvalue weighted by atomic mass is 10.0. The second-order valence-corrected chi connectivity index (χ2v) is 22.4. The number of unbranched alkanes of at least 4 members (excludes halogenated alkanes) is 30. The van der Waals surface area contributed by atoms with E-state index in [0.29, 0.717) is 19.3 Å². The number of ether oxygens (including phenoxy) is 3. The van der Waals surface area contributed by atoms with Crippen LogP contribution < -0.4 is 0 Å². The summed E-state index contributed by atoms with van der Waals surface area (Å²) in [5, 5.41) is 0. The largest absolute Gasteiger partial charge is 0.462 e. The van der Waals surface area contributed by atoms with Crippen molar-refractivity contribution >= 4 is 17.9 Å². The zero-order valence-corrected chi connectivity index (χ0v) is 53.0. The third-order valence-electron chi connectivity index (χ3n) is 14.5. The Morgan fingerprint density at radius 3 is 0.753 bits per heavy atom. The number of rotatable bonds is 61. The first-order valence-corrected chi connectivity index (χ1v) is 34.0. The van der Waals surface area contributed by atoms with E-state index in [0.717, 1.165) is 135 Å². The molecule has 0 radical (unpaired) electrons. The third kappa shape index (κ3) is 66.5. The van der Waals surface area contributed by atoms with Crippen LogP contribution >= 0.6 is 0 Å². The molecule has 0 heterocycles. The number of hydrogen-bond donors (Lipinski definition) is 0. The molecule has 1 atom stereocenters. The van der Waals surface area contributed by atoms with Gasteiger partial charge in [-0.3, -0.25) is 14.4 Å². The van der Waals surface area contributed by atoms with E-state index in [1.807, 2.05) is 0 Å². The van der Waals surface area contributed by atoms with Gasteiger partial charge in [0.25, 0.3) is 0 Å². The first-order chi connectivity index (χ1) is 40.0. The summed E-state index contributed by atoms with van der Waals surface area (Å²) in [5.74, 6) is -0.912. The molecule has 0 aliphatic heterocycles. The van der Waals surface area contributed by atoms with Crippen LogP contribution in [0.3, 0.4) is 0 Å². The minimum Gasteiger partial charge on any atom is -0.462 e. The number of carbonyl (C=O) groups excluding carboxylic acids is 3. The van der Waals surface area contributed by atoms with E-state index in [9.17, 15) is 14.4 Å². The SMILES string of the molecule is CC/C=C\C/C=C\C/C=C\C/C=C\C/C=C\C/C=C\C/C=C\C/C=C\C/C=C\C/C=C\CCCCCCC(=O)OCC(COC(=O)CCCCCCCC)OC(=O)CCCCCCCCCCCCCCCCCCCCCCCC. The van der Waals surface area contributed by atoms with Crippen molar-refractivity contribution in [3.63, 3.8) is 0 Å². The van der Waals surface area contributed by atoms with Crippen LogP contribution in [0.25, 0.3) is 0 Å². The Kier molecular flexibility index (Phi) is 64.8. The average molecular weight is 1120 g/mol. The summed E-state index contributed by atoms with van der Waals surface area (Å²) in [6.07, 6.45) is 95.4. The molecule has 0 saturated carbocycles. The smallest absolute Gasteiger partial charge is 0.306 e. The first kappa shape index (κ1) is 76.8. The van der Waals surface area contributed by atoms with Crippen LogP contribution in [-0.2, 0) is 28.6 Å². The van der Waals surface area contributed by atoms with E-state index < -0.39 is 6.10 Å². The average Bonchev–Trinajstić information content (AvgIpc) is 3.47. The van der Waals surface area contributed by atoms with E-state index in [4.69, 9.17) is 14.2 Å². The predicted molar refractivity (Wildman–Crippen MR) is 353 cm³/mol. The maximum Gasteiger partial charge on any atom is 0.306 e. The normalized spacial score (nSPS) is 12.9. The zero-order chi connectivity index (χ0) is 58.5. The summed E-state index contributed by atoms with van der Waals surface area (Å²) >= 11 is 0. The lowest BCUT2D eigenvalue weighted by Crippen LogP contribution is -2.30. The molecule has 0 bridgehead atoms. The van der Waals surface area contributed by atoms with Crippen LogP contribution in [0, 0.1) is 0 Å². The Morgan fingerprint density at radius 1 is 0.259 bits per heavy atom. The Morgan fingerprint density at radius 2 is 0.481 bits per heavy atom. The standard InChI is InChI=1S/C75H126O6/c1-4-7-10-13-16-18-20-22-24-26-28-30-32-33-34-35-36-37-38-39-40-41-42-43-44-46-47-49-51-53-55-57-59-62-65-68-74(77)80-71-72(70-79-73(76)67-64-61-15-12-9-6-3)81-75(78)69-66-63-60-58-56-54-52-50-48-45-31-29-27-25-23-21-19-17-14-11-8-5-2/h7,10,16,18,22,24,28,30,33-34,36-37,39-40,42-43,46-47,51,53,72H,4-6,8-9,11-15,17,19-21,23,25-27,29,31-32,35,38,41,44-45,48-50,52,54-71H2,1-3H3/b10-7-,18-16-,24-22-,30-28-,34-33-,37-36-,40-39-,43-42-,47-46-,53-51-. The van der Waals surface area contributed by atoms with E-state index in [1.54, 1.807) is 0 Å². The second-order valence-electron chi connectivity index (χ2n) is 22.4. The van der Waals surface area contributed by atoms with Crippen LogP contribution in [0.2, 0.25) is 0 Å². The van der Waals surface area contributed by atoms with Crippen molar-refractivity contribution in [1.29, 1.82) is 0 Å². The molecule has 0 rings (SSSR count). The number of esters is 3. The van der Waals surface area contributed by atoms with E-state index in [-0.39, 0.29) is 31.1 Å². The highest BCUT2D eigenvalue weighted by Crippen LogP contribution is 2.17. The molecule has 6 nitrogen and oxygen atoms in total. The molecular weight excluding hydrogens is 997 g/mol. The summed E-state index contributed by atoms with van der Waals surface area (Å²) < 4.78 is 16.8. The van der Waals surface area contributed by atoms with E-state index >= 15 is 0 Å². The molecule has 0 aromatic heterocycles. The maximum atomic E-state index is 12.9. The summed E-state index contributed by atoms with van der Waals surface area (Å²) in [7, 11) is 0. The monoisotopic (exact) mass is 1120 g/mol. The fourth-order valence-electron chi connectivity index (χ4n) is 9.41. The molecule has 0 N–H and O–H groups in total. The lowest BCUT2D eigenvalue weighted by molar-refractivity contribution is -0.167. The molecule has 1 unspecified atom stereocenters. The van der Waals surface area contributed by atoms with Gasteiger partial charge in [-0.1, -0.05) is 322 Å². The van der Waals surface area contributed by atoms with Crippen molar-refractivity contribution in [2.75, 3.05) is 13.2 Å².